The van der Waals surface area contributed by atoms with Crippen LogP contribution in [-0.2, 0) is 38.6 Å². The molecule has 1 aromatic heterocycles. The molecule has 2 atom stereocenters. The van der Waals surface area contributed by atoms with E-state index in [2.05, 4.69) is 43.0 Å². The maximum Gasteiger partial charge on any atom is 0.270 e. The van der Waals surface area contributed by atoms with Crippen molar-refractivity contribution >= 4 is 93.8 Å². The van der Waals surface area contributed by atoms with Crippen LogP contribution in [-0.4, -0.2) is 123 Å². The van der Waals surface area contributed by atoms with Crippen molar-refractivity contribution in [1.29, 1.82) is 0 Å². The Morgan fingerprint density at radius 3 is 2.03 bits per heavy atom. The van der Waals surface area contributed by atoms with Crippen molar-refractivity contribution in [1.82, 2.24) is 35.3 Å². The van der Waals surface area contributed by atoms with Crippen LogP contribution in [0.4, 0.5) is 5.82 Å². The summed E-state index contributed by atoms with van der Waals surface area (Å²) in [4.78, 5) is 82.7. The molecule has 0 aliphatic carbocycles. The molecule has 3 aliphatic heterocycles. The summed E-state index contributed by atoms with van der Waals surface area (Å²) >= 11 is 25.0. The highest BCUT2D eigenvalue weighted by Gasteiger charge is 2.34. The van der Waals surface area contributed by atoms with Gasteiger partial charge in [-0.1, -0.05) is 113 Å². The van der Waals surface area contributed by atoms with Crippen LogP contribution < -0.4 is 16.0 Å². The Kier molecular flexibility index (Phi) is 18.4. The molecule has 4 amide bonds. The number of likely N-dealkylation sites (tertiary alicyclic amines) is 2. The van der Waals surface area contributed by atoms with Gasteiger partial charge in [-0.3, -0.25) is 28.9 Å². The second kappa shape index (κ2) is 25.2. The number of nitrogens with zero attached hydrogens (tertiary/aromatic N) is 5. The van der Waals surface area contributed by atoms with Crippen LogP contribution in [0.1, 0.15) is 70.4 Å². The highest BCUT2D eigenvalue weighted by Crippen LogP contribution is 2.29. The van der Waals surface area contributed by atoms with Crippen molar-refractivity contribution in [2.75, 3.05) is 51.1 Å². The van der Waals surface area contributed by atoms with E-state index in [0.717, 1.165) is 25.1 Å². The second-order valence-electron chi connectivity index (χ2n) is 18.6. The molecule has 0 saturated carbocycles. The van der Waals surface area contributed by atoms with Gasteiger partial charge in [0.2, 0.25) is 17.7 Å². The molecule has 0 unspecified atom stereocenters. The van der Waals surface area contributed by atoms with E-state index in [4.69, 9.17) is 46.4 Å². The maximum absolute atomic E-state index is 14.6. The Labute approximate surface area is 444 Å². The third-order valence-corrected chi connectivity index (χ3v) is 14.7. The number of aliphatic hydroxyl groups is 1. The Morgan fingerprint density at radius 1 is 0.726 bits per heavy atom. The van der Waals surface area contributed by atoms with Gasteiger partial charge in [0.05, 0.1) is 26.2 Å². The Hall–Kier alpha value is -6.13. The molecule has 3 aliphatic rings. The fraction of sp³-hybridized carbons (Fsp3) is 0.327. The SMILES string of the molecule is O=C(CCCC(=O)N1CCC(Nc2cc(C(=O)NC[C@@H](O)CN3CCc4ccccc4C3)ncn2)CC1)N[C@@H](Cc1ccccc1)C(=O)N1C/C(=C\c2ccc(Cl)c(Cl)c2)C(=O)/C(=C/c2ccc(Cl)c(Cl)c2)C1. The first-order chi connectivity index (χ1) is 35.2. The highest BCUT2D eigenvalue weighted by molar-refractivity contribution is 6.42. The van der Waals surface area contributed by atoms with E-state index < -0.39 is 18.1 Å². The van der Waals surface area contributed by atoms with E-state index in [1.807, 2.05) is 42.5 Å². The minimum Gasteiger partial charge on any atom is -0.390 e. The number of aliphatic hydroxyl groups excluding tert-OH is 1. The zero-order chi connectivity index (χ0) is 51.4. The van der Waals surface area contributed by atoms with Crippen molar-refractivity contribution in [3.05, 3.63) is 168 Å². The van der Waals surface area contributed by atoms with Crippen LogP contribution in [0, 0.1) is 0 Å². The lowest BCUT2D eigenvalue weighted by atomic mass is 9.93. The first kappa shape index (κ1) is 53.2. The van der Waals surface area contributed by atoms with E-state index in [-0.39, 0.29) is 80.6 Å². The predicted octanol–water partition coefficient (Wildman–Crippen LogP) is 8.12. The Morgan fingerprint density at radius 2 is 1.37 bits per heavy atom. The van der Waals surface area contributed by atoms with Gasteiger partial charge in [-0.2, -0.15) is 0 Å². The number of β-amino-alcohol motifs (C(OH)–C–C–N with tert-alkyl or cyclic N) is 1. The molecule has 0 spiro atoms. The highest BCUT2D eigenvalue weighted by atomic mass is 35.5. The molecule has 18 heteroatoms. The zero-order valence-electron chi connectivity index (χ0n) is 40.0. The van der Waals surface area contributed by atoms with E-state index in [1.54, 1.807) is 64.4 Å². The molecule has 2 fully saturated rings. The number of rotatable bonds is 17. The lowest BCUT2D eigenvalue weighted by Gasteiger charge is -2.33. The second-order valence-corrected chi connectivity index (χ2v) is 20.2. The average molecular weight is 1070 g/mol. The van der Waals surface area contributed by atoms with E-state index >= 15 is 0 Å². The standard InChI is InChI=1S/C55H56Cl4N8O6/c56-44-15-13-36(25-46(44)58)23-40-31-67(32-41(53(40)71)24-37-14-16-45(57)47(59)26-37)55(73)49(27-35-7-2-1-3-8-35)64-51(69)11-6-12-52(70)66-21-18-42(19-22-66)63-50-28-48(61-34-62-50)54(72)60-29-43(68)33-65-20-17-38-9-4-5-10-39(38)30-65/h1-5,7-10,13-16,23-26,28,34,42-43,49,68H,6,11-12,17-22,27,29-33H2,(H,60,72)(H,64,69)(H,61,62,63)/b40-23+,41-24+/t43-,49+/m1/s1. The fourth-order valence-corrected chi connectivity index (χ4v) is 9.93. The molecular formula is C55H56Cl4N8O6. The quantitative estimate of drug-likeness (QED) is 0.0666. The van der Waals surface area contributed by atoms with Gasteiger partial charge in [0, 0.05) is 94.9 Å². The molecule has 8 rings (SSSR count). The van der Waals surface area contributed by atoms with Gasteiger partial charge >= 0.3 is 0 Å². The van der Waals surface area contributed by atoms with Crippen LogP contribution in [0.25, 0.3) is 12.2 Å². The normalized spacial score (nSPS) is 17.2. The van der Waals surface area contributed by atoms with Crippen LogP contribution >= 0.6 is 46.4 Å². The zero-order valence-corrected chi connectivity index (χ0v) is 43.1. The number of hydrogen-bond donors (Lipinski definition) is 4. The molecule has 73 heavy (non-hydrogen) atoms. The Balaban J connectivity index is 0.825. The largest absolute Gasteiger partial charge is 0.390 e. The van der Waals surface area contributed by atoms with Gasteiger partial charge in [-0.25, -0.2) is 9.97 Å². The summed E-state index contributed by atoms with van der Waals surface area (Å²) in [5.41, 5.74) is 5.50. The van der Waals surface area contributed by atoms with Gasteiger partial charge in [-0.05, 0) is 89.9 Å². The molecule has 4 heterocycles. The first-order valence-electron chi connectivity index (χ1n) is 24.3. The van der Waals surface area contributed by atoms with Gasteiger partial charge < -0.3 is 30.9 Å². The van der Waals surface area contributed by atoms with Gasteiger partial charge in [-0.15, -0.1) is 0 Å². The number of carbonyl (C=O) groups excluding carboxylic acids is 5. The third-order valence-electron chi connectivity index (χ3n) is 13.2. The number of nitrogens with one attached hydrogen (secondary N) is 3. The van der Waals surface area contributed by atoms with Gasteiger partial charge in [0.25, 0.3) is 5.91 Å². The number of aromatic nitrogens is 2. The minimum atomic E-state index is -0.981. The van der Waals surface area contributed by atoms with Crippen molar-refractivity contribution < 1.29 is 29.1 Å². The lowest BCUT2D eigenvalue weighted by Crippen LogP contribution is -2.52. The van der Waals surface area contributed by atoms with E-state index in [9.17, 15) is 29.1 Å². The van der Waals surface area contributed by atoms with Crippen LogP contribution in [0.15, 0.2) is 115 Å². The van der Waals surface area contributed by atoms with Crippen molar-refractivity contribution in [3.8, 4) is 0 Å². The number of ketones is 1. The summed E-state index contributed by atoms with van der Waals surface area (Å²) in [7, 11) is 0. The summed E-state index contributed by atoms with van der Waals surface area (Å²) < 4.78 is 0. The number of Topliss-reactive ketones (excluding diaryl/α,β-unsaturated/α-hetero) is 1. The summed E-state index contributed by atoms with van der Waals surface area (Å²) in [6, 6.07) is 28.3. The molecule has 0 bridgehead atoms. The van der Waals surface area contributed by atoms with Crippen LogP contribution in [0.5, 0.6) is 0 Å². The number of anilines is 1. The number of halogens is 4. The molecule has 2 saturated heterocycles. The minimum absolute atomic E-state index is 0.000694. The monoisotopic (exact) mass is 1060 g/mol. The van der Waals surface area contributed by atoms with Gasteiger partial charge in [0.1, 0.15) is 23.9 Å². The number of benzene rings is 4. The molecule has 4 N–H and O–H groups in total. The Bertz CT molecular complexity index is 2820. The average Bonchev–Trinajstić information content (AvgIpc) is 3.39. The number of piperidine rings is 2. The fourth-order valence-electron chi connectivity index (χ4n) is 9.31. The number of hydrogen-bond acceptors (Lipinski definition) is 10. The molecule has 5 aromatic rings. The smallest absolute Gasteiger partial charge is 0.270 e. The lowest BCUT2D eigenvalue weighted by molar-refractivity contribution is -0.137. The van der Waals surface area contributed by atoms with E-state index in [1.165, 1.54) is 17.5 Å². The number of amides is 4. The maximum atomic E-state index is 14.6. The summed E-state index contributed by atoms with van der Waals surface area (Å²) in [6.45, 7) is 3.07. The molecule has 14 nitrogen and oxygen atoms in total. The molecular weight excluding hydrogens is 1010 g/mol. The van der Waals surface area contributed by atoms with Crippen molar-refractivity contribution in [3.63, 3.8) is 0 Å². The molecule has 0 radical (unpaired) electrons. The van der Waals surface area contributed by atoms with Gasteiger partial charge in [0.15, 0.2) is 5.78 Å². The summed E-state index contributed by atoms with van der Waals surface area (Å²) in [6.07, 6.45) is 6.78. The summed E-state index contributed by atoms with van der Waals surface area (Å²) in [5, 5.41) is 21.2. The van der Waals surface area contributed by atoms with Crippen LogP contribution in [0.3, 0.4) is 0 Å². The third kappa shape index (κ3) is 14.8. The van der Waals surface area contributed by atoms with E-state index in [0.29, 0.717) is 80.7 Å². The van der Waals surface area contributed by atoms with Crippen molar-refractivity contribution in [2.24, 2.45) is 0 Å². The first-order valence-corrected chi connectivity index (χ1v) is 25.9. The summed E-state index contributed by atoms with van der Waals surface area (Å²) in [5.74, 6) is -1.02. The van der Waals surface area contributed by atoms with Crippen molar-refractivity contribution in [2.45, 2.75) is 69.7 Å². The predicted molar refractivity (Wildman–Crippen MR) is 285 cm³/mol. The topological polar surface area (TPSA) is 177 Å². The van der Waals surface area contributed by atoms with Crippen LogP contribution in [0.2, 0.25) is 20.1 Å². The molecule has 4 aromatic carbocycles. The number of carbonyl (C=O) groups is 5. The molecule has 380 valence electrons. The number of fused-ring (bicyclic) bond motifs is 1.